The van der Waals surface area contributed by atoms with Gasteiger partial charge in [0.25, 0.3) is 0 Å². The van der Waals surface area contributed by atoms with Crippen LogP contribution in [0.25, 0.3) is 11.1 Å². The molecule has 0 radical (unpaired) electrons. The molecule has 1 fully saturated rings. The summed E-state index contributed by atoms with van der Waals surface area (Å²) >= 11 is 0. The van der Waals surface area contributed by atoms with Gasteiger partial charge in [-0.25, -0.2) is 0 Å². The molecule has 158 valence electrons. The zero-order valence-electron chi connectivity index (χ0n) is 22.6. The number of ketones is 1. The molecule has 0 amide bonds. The Morgan fingerprint density at radius 1 is 1.03 bits per heavy atom. The smallest absolute Gasteiger partial charge is 0.315 e. The van der Waals surface area contributed by atoms with Gasteiger partial charge in [0.1, 0.15) is 12.0 Å². The van der Waals surface area contributed by atoms with Gasteiger partial charge in [-0.05, 0) is 42.5 Å². The molecule has 0 unspecified atom stereocenters. The van der Waals surface area contributed by atoms with E-state index in [-0.39, 0.29) is 23.9 Å². The molecule has 4 rings (SSSR count). The third-order valence-electron chi connectivity index (χ3n) is 6.08. The highest BCUT2D eigenvalue weighted by atomic mass is 16.5. The second-order valence-electron chi connectivity index (χ2n) is 7.64. The van der Waals surface area contributed by atoms with E-state index in [0.29, 0.717) is 42.4 Å². The number of esters is 1. The van der Waals surface area contributed by atoms with Crippen molar-refractivity contribution in [2.75, 3.05) is 27.8 Å². The van der Waals surface area contributed by atoms with E-state index in [1.165, 1.54) is 19.2 Å². The van der Waals surface area contributed by atoms with Crippen LogP contribution in [0.4, 0.5) is 0 Å². The van der Waals surface area contributed by atoms with Gasteiger partial charge in [-0.2, -0.15) is 0 Å². The molecule has 2 aliphatic carbocycles. The molecule has 1 saturated carbocycles. The molecule has 30 heavy (non-hydrogen) atoms. The van der Waals surface area contributed by atoms with Crippen LogP contribution in [-0.4, -0.2) is 39.5 Å². The van der Waals surface area contributed by atoms with Crippen LogP contribution in [0.3, 0.4) is 0 Å². The maximum atomic E-state index is 12.5. The van der Waals surface area contributed by atoms with Gasteiger partial charge >= 0.3 is 5.97 Å². The monoisotopic (exact) mass is 416 g/mol. The van der Waals surface area contributed by atoms with Gasteiger partial charge in [-0.3, -0.25) is 9.59 Å². The molecule has 2 aliphatic rings. The minimum absolute atomic E-state index is 0.00486. The van der Waals surface area contributed by atoms with E-state index in [2.05, 4.69) is 0 Å². The van der Waals surface area contributed by atoms with E-state index >= 15 is 0 Å². The van der Waals surface area contributed by atoms with Gasteiger partial charge in [-0.1, -0.05) is 24.6 Å². The van der Waals surface area contributed by atoms with Crippen molar-refractivity contribution in [3.05, 3.63) is 41.5 Å². The first-order valence-corrected chi connectivity index (χ1v) is 9.75. The lowest BCUT2D eigenvalue weighted by Crippen LogP contribution is -2.44. The summed E-state index contributed by atoms with van der Waals surface area (Å²) in [4.78, 5) is 24.8. The summed E-state index contributed by atoms with van der Waals surface area (Å²) in [7, 11) is -4.58. The van der Waals surface area contributed by atoms with Crippen molar-refractivity contribution < 1.29 is 36.8 Å². The molecule has 0 aromatic heterocycles. The summed E-state index contributed by atoms with van der Waals surface area (Å²) in [5, 5.41) is 0. The van der Waals surface area contributed by atoms with Crippen LogP contribution in [0.5, 0.6) is 17.2 Å². The summed E-state index contributed by atoms with van der Waals surface area (Å²) in [5.41, 5.74) is 1.41. The average molecular weight is 417 g/mol. The Bertz CT molecular complexity index is 1180. The Morgan fingerprint density at radius 3 is 2.53 bits per heavy atom. The molecule has 2 aromatic rings. The third kappa shape index (κ3) is 3.20. The van der Waals surface area contributed by atoms with E-state index in [9.17, 15) is 9.59 Å². The lowest BCUT2D eigenvalue weighted by molar-refractivity contribution is -0.161. The Labute approximate surface area is 184 Å². The second-order valence-corrected chi connectivity index (χ2v) is 7.64. The zero-order valence-corrected chi connectivity index (χ0v) is 16.6. The lowest BCUT2D eigenvalue weighted by atomic mass is 9.69. The number of Topliss-reactive ketones (excluding diaryl/α,β-unsaturated/α-hetero) is 1. The highest BCUT2D eigenvalue weighted by Gasteiger charge is 2.46. The SMILES string of the molecule is [2H]C([2H])([2H])Oc1ccc(-c2cccc3c2CCC3=O)c(OCC2(C(=O)OC)CCC2)c1OC([2H])([2H])[2H]. The Morgan fingerprint density at radius 2 is 1.83 bits per heavy atom. The molecule has 0 bridgehead atoms. The Kier molecular flexibility index (Phi) is 3.76. The standard InChI is InChI=1S/C24H26O6/c1-27-20-11-9-18(15-6-4-7-17-16(15)8-10-19(17)25)21(22(20)28-2)30-14-24(12-5-13-24)23(26)29-3/h4,6-7,9,11H,5,8,10,12-14H2,1-3H3/i1D3,2D3. The molecule has 6 nitrogen and oxygen atoms in total. The number of hydrogen-bond acceptors (Lipinski definition) is 6. The fraction of sp³-hybridized carbons (Fsp3) is 0.417. The van der Waals surface area contributed by atoms with Gasteiger partial charge in [0, 0.05) is 17.5 Å². The first-order chi connectivity index (χ1) is 16.8. The molecular weight excluding hydrogens is 384 g/mol. The maximum absolute atomic E-state index is 12.5. The van der Waals surface area contributed by atoms with Crippen molar-refractivity contribution in [3.8, 4) is 28.4 Å². The molecule has 6 heteroatoms. The minimum atomic E-state index is -2.96. The van der Waals surface area contributed by atoms with E-state index in [1.807, 2.05) is 0 Å². The Balaban J connectivity index is 1.89. The predicted molar refractivity (Wildman–Crippen MR) is 111 cm³/mol. The van der Waals surface area contributed by atoms with Gasteiger partial charge in [0.15, 0.2) is 17.3 Å². The largest absolute Gasteiger partial charge is 0.493 e. The normalized spacial score (nSPS) is 20.2. The van der Waals surface area contributed by atoms with Crippen LogP contribution in [0.15, 0.2) is 30.3 Å². The van der Waals surface area contributed by atoms with Crippen LogP contribution < -0.4 is 14.2 Å². The topological polar surface area (TPSA) is 71.1 Å². The van der Waals surface area contributed by atoms with Crippen LogP contribution in [0, 0.1) is 5.41 Å². The third-order valence-corrected chi connectivity index (χ3v) is 6.08. The molecular formula is C24H26O6. The van der Waals surface area contributed by atoms with Crippen LogP contribution in [0.1, 0.15) is 49.8 Å². The van der Waals surface area contributed by atoms with Crippen molar-refractivity contribution in [3.63, 3.8) is 0 Å². The number of rotatable bonds is 7. The molecule has 0 saturated heterocycles. The van der Waals surface area contributed by atoms with Crippen LogP contribution in [-0.2, 0) is 16.0 Å². The first-order valence-electron chi connectivity index (χ1n) is 12.8. The number of carbonyl (C=O) groups excluding carboxylic acids is 2. The molecule has 2 aromatic carbocycles. The van der Waals surface area contributed by atoms with Gasteiger partial charge in [0.05, 0.1) is 29.4 Å². The predicted octanol–water partition coefficient (Wildman–Crippen LogP) is 4.22. The summed E-state index contributed by atoms with van der Waals surface area (Å²) < 4.78 is 66.9. The number of carbonyl (C=O) groups is 2. The summed E-state index contributed by atoms with van der Waals surface area (Å²) in [6.07, 6.45) is 2.66. The first kappa shape index (κ1) is 14.1. The number of benzene rings is 2. The fourth-order valence-electron chi connectivity index (χ4n) is 4.26. The second kappa shape index (κ2) is 8.01. The van der Waals surface area contributed by atoms with Crippen molar-refractivity contribution >= 4 is 11.8 Å². The van der Waals surface area contributed by atoms with Crippen LogP contribution in [0.2, 0.25) is 0 Å². The number of hydrogen-bond donors (Lipinski definition) is 0. The molecule has 0 aliphatic heterocycles. The van der Waals surface area contributed by atoms with Crippen molar-refractivity contribution in [2.24, 2.45) is 5.41 Å². The summed E-state index contributed by atoms with van der Waals surface area (Å²) in [5.74, 6) is -1.32. The van der Waals surface area contributed by atoms with Gasteiger partial charge in [0.2, 0.25) is 5.75 Å². The van der Waals surface area contributed by atoms with Crippen molar-refractivity contribution in [2.45, 2.75) is 32.1 Å². The molecule has 0 atom stereocenters. The average Bonchev–Trinajstić information content (AvgIpc) is 3.14. The summed E-state index contributed by atoms with van der Waals surface area (Å²) in [6, 6.07) is 8.03. The number of ether oxygens (including phenoxy) is 4. The number of methoxy groups -OCH3 is 3. The summed E-state index contributed by atoms with van der Waals surface area (Å²) in [6.45, 7) is -0.144. The maximum Gasteiger partial charge on any atom is 0.315 e. The van der Waals surface area contributed by atoms with E-state index < -0.39 is 31.2 Å². The molecule has 0 heterocycles. The quantitative estimate of drug-likeness (QED) is 0.630. The zero-order chi connectivity index (χ0) is 26.3. The Hall–Kier alpha value is -3.02. The number of fused-ring (bicyclic) bond motifs is 1. The molecule has 0 spiro atoms. The fourth-order valence-corrected chi connectivity index (χ4v) is 4.26. The molecule has 0 N–H and O–H groups in total. The van der Waals surface area contributed by atoms with E-state index in [0.717, 1.165) is 12.0 Å². The van der Waals surface area contributed by atoms with E-state index in [1.54, 1.807) is 18.2 Å². The van der Waals surface area contributed by atoms with Crippen LogP contribution >= 0.6 is 0 Å². The van der Waals surface area contributed by atoms with E-state index in [4.69, 9.17) is 27.2 Å². The highest BCUT2D eigenvalue weighted by molar-refractivity contribution is 6.02. The minimum Gasteiger partial charge on any atom is -0.493 e. The van der Waals surface area contributed by atoms with Gasteiger partial charge in [-0.15, -0.1) is 0 Å². The lowest BCUT2D eigenvalue weighted by Gasteiger charge is -2.38. The van der Waals surface area contributed by atoms with Crippen molar-refractivity contribution in [1.82, 2.24) is 0 Å². The van der Waals surface area contributed by atoms with Crippen molar-refractivity contribution in [1.29, 1.82) is 0 Å². The van der Waals surface area contributed by atoms with Gasteiger partial charge < -0.3 is 18.9 Å². The highest BCUT2D eigenvalue weighted by Crippen LogP contribution is 2.49.